The third kappa shape index (κ3) is 3.35. The number of carbonyl (C=O) groups excluding carboxylic acids is 1. The lowest BCUT2D eigenvalue weighted by atomic mass is 10.1. The summed E-state index contributed by atoms with van der Waals surface area (Å²) in [4.78, 5) is 22.7. The average Bonchev–Trinajstić information content (AvgIpc) is 2.29. The predicted octanol–water partition coefficient (Wildman–Crippen LogP) is 1.53. The normalized spacial score (nSPS) is 11.3. The zero-order valence-corrected chi connectivity index (χ0v) is 9.43. The first-order valence-corrected chi connectivity index (χ1v) is 5.13. The zero-order chi connectivity index (χ0) is 12.8. The Bertz CT molecular complexity index is 474. The Morgan fingerprint density at radius 1 is 1.41 bits per heavy atom. The molecule has 1 aromatic carbocycles. The van der Waals surface area contributed by atoms with E-state index in [0.717, 1.165) is 0 Å². The van der Waals surface area contributed by atoms with E-state index in [1.54, 1.807) is 19.1 Å². The molecule has 1 unspecified atom stereocenters. The second-order valence-electron chi connectivity index (χ2n) is 3.63. The number of rotatable bonds is 4. The third-order valence-corrected chi connectivity index (χ3v) is 2.20. The van der Waals surface area contributed by atoms with Crippen LogP contribution in [0.1, 0.15) is 34.1 Å². The van der Waals surface area contributed by atoms with Crippen LogP contribution < -0.4 is 5.32 Å². The van der Waals surface area contributed by atoms with Gasteiger partial charge >= 0.3 is 5.97 Å². The fourth-order valence-electron chi connectivity index (χ4n) is 1.40. The maximum atomic E-state index is 11.8. The van der Waals surface area contributed by atoms with Crippen LogP contribution in [0.2, 0.25) is 0 Å². The summed E-state index contributed by atoms with van der Waals surface area (Å²) in [5, 5.41) is 11.6. The standard InChI is InChI=1S/C13H13NO3/c1-3-6-9(2)14-12(15)10-7-4-5-8-11(10)13(16)17/h1,4-5,7-9H,6H2,2H3,(H,14,15)(H,16,17). The smallest absolute Gasteiger partial charge is 0.336 e. The first kappa shape index (κ1) is 12.8. The maximum absolute atomic E-state index is 11.8. The van der Waals surface area contributed by atoms with Gasteiger partial charge in [-0.1, -0.05) is 12.1 Å². The lowest BCUT2D eigenvalue weighted by Crippen LogP contribution is -2.33. The van der Waals surface area contributed by atoms with Crippen molar-refractivity contribution in [1.29, 1.82) is 0 Å². The van der Waals surface area contributed by atoms with Gasteiger partial charge < -0.3 is 10.4 Å². The van der Waals surface area contributed by atoms with Gasteiger partial charge in [-0.05, 0) is 19.1 Å². The molecule has 0 radical (unpaired) electrons. The summed E-state index contributed by atoms with van der Waals surface area (Å²) in [6.45, 7) is 1.77. The molecular formula is C13H13NO3. The number of carboxylic acid groups (broad SMARTS) is 1. The van der Waals surface area contributed by atoms with Gasteiger partial charge in [-0.25, -0.2) is 4.79 Å². The monoisotopic (exact) mass is 231 g/mol. The molecule has 0 fully saturated rings. The van der Waals surface area contributed by atoms with E-state index in [4.69, 9.17) is 11.5 Å². The molecule has 1 rings (SSSR count). The van der Waals surface area contributed by atoms with Crippen LogP contribution in [-0.4, -0.2) is 23.0 Å². The molecule has 0 aliphatic carbocycles. The van der Waals surface area contributed by atoms with Crippen LogP contribution in [0.15, 0.2) is 24.3 Å². The second-order valence-corrected chi connectivity index (χ2v) is 3.63. The van der Waals surface area contributed by atoms with Crippen molar-refractivity contribution < 1.29 is 14.7 Å². The van der Waals surface area contributed by atoms with Crippen LogP contribution in [0, 0.1) is 12.3 Å². The molecule has 88 valence electrons. The Balaban J connectivity index is 2.90. The third-order valence-electron chi connectivity index (χ3n) is 2.20. The summed E-state index contributed by atoms with van der Waals surface area (Å²) in [5.41, 5.74) is 0.127. The lowest BCUT2D eigenvalue weighted by molar-refractivity contribution is 0.0690. The highest BCUT2D eigenvalue weighted by Gasteiger charge is 2.16. The summed E-state index contributed by atoms with van der Waals surface area (Å²) in [6, 6.07) is 5.87. The molecule has 1 atom stereocenters. The average molecular weight is 231 g/mol. The maximum Gasteiger partial charge on any atom is 0.336 e. The van der Waals surface area contributed by atoms with Crippen molar-refractivity contribution in [2.45, 2.75) is 19.4 Å². The van der Waals surface area contributed by atoms with Gasteiger partial charge in [0.2, 0.25) is 0 Å². The number of aromatic carboxylic acids is 1. The van der Waals surface area contributed by atoms with Gasteiger partial charge in [0, 0.05) is 12.5 Å². The first-order chi connectivity index (χ1) is 8.06. The molecule has 0 saturated heterocycles. The van der Waals surface area contributed by atoms with Gasteiger partial charge in [0.15, 0.2) is 0 Å². The van der Waals surface area contributed by atoms with Gasteiger partial charge in [0.25, 0.3) is 5.91 Å². The summed E-state index contributed by atoms with van der Waals surface area (Å²) in [6.07, 6.45) is 5.53. The highest BCUT2D eigenvalue weighted by molar-refractivity contribution is 6.04. The number of terminal acetylenes is 1. The molecule has 1 amide bonds. The van der Waals surface area contributed by atoms with E-state index in [1.807, 2.05) is 0 Å². The highest BCUT2D eigenvalue weighted by atomic mass is 16.4. The summed E-state index contributed by atoms with van der Waals surface area (Å²) >= 11 is 0. The second kappa shape index (κ2) is 5.71. The zero-order valence-electron chi connectivity index (χ0n) is 9.43. The van der Waals surface area contributed by atoms with Crippen molar-refractivity contribution in [2.75, 3.05) is 0 Å². The summed E-state index contributed by atoms with van der Waals surface area (Å²) < 4.78 is 0. The van der Waals surface area contributed by atoms with Crippen LogP contribution in [-0.2, 0) is 0 Å². The van der Waals surface area contributed by atoms with E-state index in [9.17, 15) is 9.59 Å². The lowest BCUT2D eigenvalue weighted by Gasteiger charge is -2.12. The molecule has 0 aliphatic heterocycles. The number of hydrogen-bond acceptors (Lipinski definition) is 2. The van der Waals surface area contributed by atoms with Crippen molar-refractivity contribution in [2.24, 2.45) is 0 Å². The van der Waals surface area contributed by atoms with Crippen LogP contribution in [0.3, 0.4) is 0 Å². The van der Waals surface area contributed by atoms with Crippen molar-refractivity contribution in [3.8, 4) is 12.3 Å². The fourth-order valence-corrected chi connectivity index (χ4v) is 1.40. The number of carboxylic acids is 1. The predicted molar refractivity (Wildman–Crippen MR) is 63.8 cm³/mol. The minimum Gasteiger partial charge on any atom is -0.478 e. The Kier molecular flexibility index (Phi) is 4.29. The van der Waals surface area contributed by atoms with Gasteiger partial charge in [0.05, 0.1) is 11.1 Å². The molecule has 2 N–H and O–H groups in total. The molecule has 0 bridgehead atoms. The van der Waals surface area contributed by atoms with Crippen molar-refractivity contribution in [1.82, 2.24) is 5.32 Å². The van der Waals surface area contributed by atoms with E-state index < -0.39 is 11.9 Å². The molecule has 0 heterocycles. The first-order valence-electron chi connectivity index (χ1n) is 5.13. The SMILES string of the molecule is C#CCC(C)NC(=O)c1ccccc1C(=O)O. The van der Waals surface area contributed by atoms with Gasteiger partial charge in [0.1, 0.15) is 0 Å². The number of hydrogen-bond donors (Lipinski definition) is 2. The number of amides is 1. The van der Waals surface area contributed by atoms with E-state index in [1.165, 1.54) is 12.1 Å². The molecule has 0 saturated carbocycles. The van der Waals surface area contributed by atoms with Crippen LogP contribution in [0.4, 0.5) is 0 Å². The molecule has 17 heavy (non-hydrogen) atoms. The quantitative estimate of drug-likeness (QED) is 0.772. The molecule has 4 nitrogen and oxygen atoms in total. The van der Waals surface area contributed by atoms with Gasteiger partial charge in [-0.3, -0.25) is 4.79 Å². The minimum atomic E-state index is -1.12. The Hall–Kier alpha value is -2.28. The summed E-state index contributed by atoms with van der Waals surface area (Å²) in [7, 11) is 0. The largest absolute Gasteiger partial charge is 0.478 e. The number of benzene rings is 1. The Morgan fingerprint density at radius 2 is 2.00 bits per heavy atom. The van der Waals surface area contributed by atoms with Crippen LogP contribution in [0.5, 0.6) is 0 Å². The van der Waals surface area contributed by atoms with E-state index >= 15 is 0 Å². The van der Waals surface area contributed by atoms with E-state index in [0.29, 0.717) is 6.42 Å². The Labute approximate surface area is 99.7 Å². The molecule has 0 aliphatic rings. The van der Waals surface area contributed by atoms with Gasteiger partial charge in [-0.2, -0.15) is 0 Å². The molecule has 1 aromatic rings. The van der Waals surface area contributed by atoms with E-state index in [2.05, 4.69) is 11.2 Å². The molecular weight excluding hydrogens is 218 g/mol. The van der Waals surface area contributed by atoms with E-state index in [-0.39, 0.29) is 17.2 Å². The van der Waals surface area contributed by atoms with Crippen molar-refractivity contribution >= 4 is 11.9 Å². The highest BCUT2D eigenvalue weighted by Crippen LogP contribution is 2.09. The topological polar surface area (TPSA) is 66.4 Å². The minimum absolute atomic E-state index is 0.0158. The number of carbonyl (C=O) groups is 2. The van der Waals surface area contributed by atoms with Crippen molar-refractivity contribution in [3.05, 3.63) is 35.4 Å². The Morgan fingerprint density at radius 3 is 2.53 bits per heavy atom. The van der Waals surface area contributed by atoms with Crippen LogP contribution in [0.25, 0.3) is 0 Å². The molecule has 0 aromatic heterocycles. The molecule has 0 spiro atoms. The van der Waals surface area contributed by atoms with Crippen LogP contribution >= 0.6 is 0 Å². The van der Waals surface area contributed by atoms with Crippen molar-refractivity contribution in [3.63, 3.8) is 0 Å². The fraction of sp³-hybridized carbons (Fsp3) is 0.231. The summed E-state index contributed by atoms with van der Waals surface area (Å²) in [5.74, 6) is 0.881. The number of nitrogens with one attached hydrogen (secondary N) is 1. The molecule has 4 heteroatoms. The van der Waals surface area contributed by atoms with Gasteiger partial charge in [-0.15, -0.1) is 12.3 Å².